The molecule has 0 saturated carbocycles. The van der Waals surface area contributed by atoms with E-state index in [2.05, 4.69) is 0 Å². The van der Waals surface area contributed by atoms with Gasteiger partial charge in [0.05, 0.1) is 17.7 Å². The Hall–Kier alpha value is -0.730. The standard InChI is InChI=1S/C10H11ClO2/c1-6-2-3-7(11)9-8(12)4-5-13-10(6)9/h2-3,8,12H,4-5H2,1H3. The van der Waals surface area contributed by atoms with E-state index in [9.17, 15) is 5.11 Å². The molecule has 1 heterocycles. The molecule has 1 atom stereocenters. The van der Waals surface area contributed by atoms with E-state index < -0.39 is 6.10 Å². The number of benzene rings is 1. The van der Waals surface area contributed by atoms with E-state index in [1.165, 1.54) is 0 Å². The summed E-state index contributed by atoms with van der Waals surface area (Å²) in [7, 11) is 0. The summed E-state index contributed by atoms with van der Waals surface area (Å²) in [5.41, 5.74) is 1.77. The number of rotatable bonds is 0. The molecule has 0 saturated heterocycles. The Balaban J connectivity index is 2.60. The van der Waals surface area contributed by atoms with E-state index in [1.807, 2.05) is 13.0 Å². The van der Waals surface area contributed by atoms with Gasteiger partial charge in [0, 0.05) is 12.0 Å². The highest BCUT2D eigenvalue weighted by Crippen LogP contribution is 2.39. The Morgan fingerprint density at radius 1 is 1.54 bits per heavy atom. The smallest absolute Gasteiger partial charge is 0.129 e. The molecule has 0 amide bonds. The molecule has 1 aliphatic heterocycles. The van der Waals surface area contributed by atoms with Gasteiger partial charge in [-0.25, -0.2) is 0 Å². The quantitative estimate of drug-likeness (QED) is 0.694. The van der Waals surface area contributed by atoms with E-state index in [4.69, 9.17) is 16.3 Å². The molecule has 1 unspecified atom stereocenters. The molecule has 13 heavy (non-hydrogen) atoms. The molecule has 1 aliphatic rings. The van der Waals surface area contributed by atoms with Crippen molar-refractivity contribution in [2.45, 2.75) is 19.4 Å². The number of ether oxygens (including phenoxy) is 1. The molecule has 0 fully saturated rings. The second kappa shape index (κ2) is 3.20. The number of aliphatic hydroxyl groups excluding tert-OH is 1. The van der Waals surface area contributed by atoms with Gasteiger partial charge in [-0.05, 0) is 18.6 Å². The normalized spacial score (nSPS) is 20.7. The first-order valence-electron chi connectivity index (χ1n) is 4.30. The summed E-state index contributed by atoms with van der Waals surface area (Å²) < 4.78 is 5.46. The molecular formula is C10H11ClO2. The zero-order valence-corrected chi connectivity index (χ0v) is 8.14. The van der Waals surface area contributed by atoms with E-state index in [-0.39, 0.29) is 0 Å². The minimum atomic E-state index is -0.476. The predicted octanol–water partition coefficient (Wildman–Crippen LogP) is 2.46. The van der Waals surface area contributed by atoms with Crippen molar-refractivity contribution in [2.75, 3.05) is 6.61 Å². The van der Waals surface area contributed by atoms with E-state index in [1.54, 1.807) is 6.07 Å². The molecule has 0 radical (unpaired) electrons. The van der Waals surface area contributed by atoms with E-state index in [0.717, 1.165) is 16.9 Å². The van der Waals surface area contributed by atoms with Gasteiger partial charge in [-0.1, -0.05) is 17.7 Å². The zero-order valence-electron chi connectivity index (χ0n) is 7.38. The van der Waals surface area contributed by atoms with Crippen molar-refractivity contribution in [3.8, 4) is 5.75 Å². The Morgan fingerprint density at radius 2 is 2.31 bits per heavy atom. The fourth-order valence-electron chi connectivity index (χ4n) is 1.60. The third-order valence-electron chi connectivity index (χ3n) is 2.31. The average molecular weight is 199 g/mol. The molecule has 3 heteroatoms. The van der Waals surface area contributed by atoms with Gasteiger partial charge in [-0.2, -0.15) is 0 Å². The average Bonchev–Trinajstić information content (AvgIpc) is 2.12. The minimum Gasteiger partial charge on any atom is -0.493 e. The second-order valence-electron chi connectivity index (χ2n) is 3.26. The molecule has 0 aliphatic carbocycles. The lowest BCUT2D eigenvalue weighted by Crippen LogP contribution is -2.15. The van der Waals surface area contributed by atoms with Crippen LogP contribution in [0.1, 0.15) is 23.7 Å². The fourth-order valence-corrected chi connectivity index (χ4v) is 1.88. The Kier molecular flexibility index (Phi) is 2.18. The van der Waals surface area contributed by atoms with E-state index >= 15 is 0 Å². The van der Waals surface area contributed by atoms with Crippen molar-refractivity contribution in [2.24, 2.45) is 0 Å². The van der Waals surface area contributed by atoms with Gasteiger partial charge in [0.15, 0.2) is 0 Å². The molecule has 0 aromatic heterocycles. The molecular weight excluding hydrogens is 188 g/mol. The van der Waals surface area contributed by atoms with E-state index in [0.29, 0.717) is 18.1 Å². The van der Waals surface area contributed by atoms with Crippen LogP contribution in [0.2, 0.25) is 5.02 Å². The van der Waals surface area contributed by atoms with Crippen LogP contribution in [0, 0.1) is 6.92 Å². The van der Waals surface area contributed by atoms with Crippen LogP contribution in [0.15, 0.2) is 12.1 Å². The summed E-state index contributed by atoms with van der Waals surface area (Å²) in [5, 5.41) is 10.3. The summed E-state index contributed by atoms with van der Waals surface area (Å²) >= 11 is 5.97. The highest BCUT2D eigenvalue weighted by atomic mass is 35.5. The van der Waals surface area contributed by atoms with Crippen LogP contribution in [0.4, 0.5) is 0 Å². The number of hydrogen-bond acceptors (Lipinski definition) is 2. The van der Waals surface area contributed by atoms with Crippen molar-refractivity contribution < 1.29 is 9.84 Å². The predicted molar refractivity (Wildman–Crippen MR) is 51.3 cm³/mol. The molecule has 1 aromatic carbocycles. The molecule has 1 aromatic rings. The van der Waals surface area contributed by atoms with Crippen molar-refractivity contribution in [3.05, 3.63) is 28.3 Å². The first kappa shape index (κ1) is 8.85. The first-order chi connectivity index (χ1) is 6.20. The summed E-state index contributed by atoms with van der Waals surface area (Å²) in [6, 6.07) is 3.70. The molecule has 1 N–H and O–H groups in total. The monoisotopic (exact) mass is 198 g/mol. The maximum absolute atomic E-state index is 9.70. The lowest BCUT2D eigenvalue weighted by Gasteiger charge is -2.24. The summed E-state index contributed by atoms with van der Waals surface area (Å²) in [5.74, 6) is 0.756. The van der Waals surface area contributed by atoms with Gasteiger partial charge in [0.2, 0.25) is 0 Å². The van der Waals surface area contributed by atoms with Gasteiger partial charge in [0.25, 0.3) is 0 Å². The fraction of sp³-hybridized carbons (Fsp3) is 0.400. The van der Waals surface area contributed by atoms with Crippen molar-refractivity contribution in [1.82, 2.24) is 0 Å². The van der Waals surface area contributed by atoms with Crippen LogP contribution >= 0.6 is 11.6 Å². The topological polar surface area (TPSA) is 29.5 Å². The summed E-state index contributed by atoms with van der Waals surface area (Å²) in [4.78, 5) is 0. The number of aryl methyl sites for hydroxylation is 1. The van der Waals surface area contributed by atoms with Crippen LogP contribution in [0.25, 0.3) is 0 Å². The van der Waals surface area contributed by atoms with Gasteiger partial charge < -0.3 is 9.84 Å². The highest BCUT2D eigenvalue weighted by Gasteiger charge is 2.23. The lowest BCUT2D eigenvalue weighted by molar-refractivity contribution is 0.115. The minimum absolute atomic E-state index is 0.476. The van der Waals surface area contributed by atoms with Crippen molar-refractivity contribution in [3.63, 3.8) is 0 Å². The molecule has 0 bridgehead atoms. The maximum atomic E-state index is 9.70. The summed E-state index contributed by atoms with van der Waals surface area (Å²) in [6.45, 7) is 2.52. The van der Waals surface area contributed by atoms with Crippen LogP contribution in [0.3, 0.4) is 0 Å². The lowest BCUT2D eigenvalue weighted by atomic mass is 10.0. The van der Waals surface area contributed by atoms with Crippen LogP contribution in [-0.4, -0.2) is 11.7 Å². The van der Waals surface area contributed by atoms with Gasteiger partial charge in [-0.15, -0.1) is 0 Å². The van der Waals surface area contributed by atoms with Crippen LogP contribution in [-0.2, 0) is 0 Å². The first-order valence-corrected chi connectivity index (χ1v) is 4.68. The Morgan fingerprint density at radius 3 is 3.00 bits per heavy atom. The molecule has 2 nitrogen and oxygen atoms in total. The van der Waals surface area contributed by atoms with Gasteiger partial charge in [0.1, 0.15) is 5.75 Å². The summed E-state index contributed by atoms with van der Waals surface area (Å²) in [6.07, 6.45) is 0.145. The number of hydrogen-bond donors (Lipinski definition) is 1. The zero-order chi connectivity index (χ0) is 9.42. The van der Waals surface area contributed by atoms with Crippen LogP contribution < -0.4 is 4.74 Å². The number of fused-ring (bicyclic) bond motifs is 1. The molecule has 0 spiro atoms. The highest BCUT2D eigenvalue weighted by molar-refractivity contribution is 6.31. The second-order valence-corrected chi connectivity index (χ2v) is 3.67. The van der Waals surface area contributed by atoms with Gasteiger partial charge >= 0.3 is 0 Å². The Bertz CT molecular complexity index is 336. The number of aliphatic hydroxyl groups is 1. The third kappa shape index (κ3) is 1.40. The largest absolute Gasteiger partial charge is 0.493 e. The van der Waals surface area contributed by atoms with Crippen LogP contribution in [0.5, 0.6) is 5.75 Å². The number of halogens is 1. The molecule has 70 valence electrons. The van der Waals surface area contributed by atoms with Crippen molar-refractivity contribution in [1.29, 1.82) is 0 Å². The Labute approximate surface area is 82.1 Å². The maximum Gasteiger partial charge on any atom is 0.129 e. The van der Waals surface area contributed by atoms with Gasteiger partial charge in [-0.3, -0.25) is 0 Å². The third-order valence-corrected chi connectivity index (χ3v) is 2.64. The molecule has 2 rings (SSSR count). The SMILES string of the molecule is Cc1ccc(Cl)c2c1OCCC2O. The van der Waals surface area contributed by atoms with Crippen molar-refractivity contribution >= 4 is 11.6 Å².